The van der Waals surface area contributed by atoms with E-state index in [1.165, 1.54) is 0 Å². The first-order chi connectivity index (χ1) is 3.30. The summed E-state index contributed by atoms with van der Waals surface area (Å²) >= 11 is 0. The van der Waals surface area contributed by atoms with Crippen LogP contribution in [0.4, 0.5) is 0 Å². The van der Waals surface area contributed by atoms with Crippen LogP contribution in [-0.2, 0) is 4.74 Å². The Morgan fingerprint density at radius 1 is 1.71 bits per heavy atom. The fraction of sp³-hybridized carbons (Fsp3) is 1.00. The zero-order chi connectivity index (χ0) is 5.28. The van der Waals surface area contributed by atoms with E-state index in [0.29, 0.717) is 6.61 Å². The molecular formula is C5H9O2-. The third kappa shape index (κ3) is 0.924. The Kier molecular flexibility index (Phi) is 1.30. The van der Waals surface area contributed by atoms with Crippen molar-refractivity contribution in [2.45, 2.75) is 19.6 Å². The van der Waals surface area contributed by atoms with Crippen LogP contribution in [-0.4, -0.2) is 12.9 Å². The molecule has 0 aromatic carbocycles. The molecule has 0 aromatic heterocycles. The van der Waals surface area contributed by atoms with Crippen LogP contribution in [0, 0.1) is 5.92 Å². The van der Waals surface area contributed by atoms with E-state index < -0.39 is 6.29 Å². The van der Waals surface area contributed by atoms with Gasteiger partial charge in [-0.3, -0.25) is 0 Å². The van der Waals surface area contributed by atoms with Crippen LogP contribution in [0.25, 0.3) is 0 Å². The van der Waals surface area contributed by atoms with Gasteiger partial charge < -0.3 is 9.84 Å². The predicted octanol–water partition coefficient (Wildman–Crippen LogP) is -0.271. The van der Waals surface area contributed by atoms with Crippen LogP contribution in [0.5, 0.6) is 0 Å². The summed E-state index contributed by atoms with van der Waals surface area (Å²) in [7, 11) is 0. The summed E-state index contributed by atoms with van der Waals surface area (Å²) in [6, 6.07) is 0. The SMILES string of the molecule is CC1CCOC1[O-]. The molecule has 1 fully saturated rings. The lowest BCUT2D eigenvalue weighted by molar-refractivity contribution is -0.490. The lowest BCUT2D eigenvalue weighted by Gasteiger charge is -2.18. The quantitative estimate of drug-likeness (QED) is 0.420. The molecule has 2 heteroatoms. The van der Waals surface area contributed by atoms with E-state index in [4.69, 9.17) is 4.74 Å². The van der Waals surface area contributed by atoms with Gasteiger partial charge in [0.2, 0.25) is 0 Å². The van der Waals surface area contributed by atoms with Crippen molar-refractivity contribution in [1.82, 2.24) is 0 Å². The minimum absolute atomic E-state index is 0.236. The lowest BCUT2D eigenvalue weighted by Crippen LogP contribution is -2.28. The smallest absolute Gasteiger partial charge is 0.0454 e. The van der Waals surface area contributed by atoms with Crippen molar-refractivity contribution in [1.29, 1.82) is 0 Å². The maximum atomic E-state index is 10.4. The van der Waals surface area contributed by atoms with Crippen LogP contribution in [0.1, 0.15) is 13.3 Å². The second kappa shape index (κ2) is 1.80. The first-order valence-corrected chi connectivity index (χ1v) is 2.58. The standard InChI is InChI=1S/C5H9O2/c1-4-2-3-7-5(4)6/h4-5H,2-3H2,1H3/q-1. The van der Waals surface area contributed by atoms with E-state index >= 15 is 0 Å². The van der Waals surface area contributed by atoms with Crippen LogP contribution in [0.2, 0.25) is 0 Å². The van der Waals surface area contributed by atoms with E-state index in [-0.39, 0.29) is 5.92 Å². The van der Waals surface area contributed by atoms with Gasteiger partial charge in [0, 0.05) is 6.61 Å². The molecule has 0 bridgehead atoms. The number of hydrogen-bond acceptors (Lipinski definition) is 2. The Morgan fingerprint density at radius 3 is 2.57 bits per heavy atom. The van der Waals surface area contributed by atoms with Crippen LogP contribution in [0.15, 0.2) is 0 Å². The Morgan fingerprint density at radius 2 is 2.43 bits per heavy atom. The van der Waals surface area contributed by atoms with E-state index in [1.54, 1.807) is 0 Å². The summed E-state index contributed by atoms with van der Waals surface area (Å²) < 4.78 is 4.71. The third-order valence-corrected chi connectivity index (χ3v) is 1.32. The van der Waals surface area contributed by atoms with Gasteiger partial charge in [0.05, 0.1) is 0 Å². The highest BCUT2D eigenvalue weighted by molar-refractivity contribution is 4.60. The first kappa shape index (κ1) is 5.06. The van der Waals surface area contributed by atoms with Crippen LogP contribution < -0.4 is 5.11 Å². The van der Waals surface area contributed by atoms with E-state index in [0.717, 1.165) is 6.42 Å². The van der Waals surface area contributed by atoms with Crippen molar-refractivity contribution in [3.8, 4) is 0 Å². The monoisotopic (exact) mass is 101 g/mol. The summed E-state index contributed by atoms with van der Waals surface area (Å²) in [5.74, 6) is 0.236. The molecule has 7 heavy (non-hydrogen) atoms. The van der Waals surface area contributed by atoms with Gasteiger partial charge in [-0.1, -0.05) is 6.92 Å². The maximum absolute atomic E-state index is 10.4. The van der Waals surface area contributed by atoms with Gasteiger partial charge in [-0.25, -0.2) is 0 Å². The van der Waals surface area contributed by atoms with Crippen molar-refractivity contribution in [2.24, 2.45) is 5.92 Å². The van der Waals surface area contributed by atoms with Gasteiger partial charge in [0.25, 0.3) is 0 Å². The van der Waals surface area contributed by atoms with Crippen molar-refractivity contribution in [3.05, 3.63) is 0 Å². The molecule has 0 aromatic rings. The zero-order valence-corrected chi connectivity index (χ0v) is 4.39. The molecular weight excluding hydrogens is 92.1 g/mol. The number of hydrogen-bond donors (Lipinski definition) is 0. The normalized spacial score (nSPS) is 42.0. The molecule has 0 N–H and O–H groups in total. The molecule has 1 saturated heterocycles. The minimum atomic E-state index is -0.736. The molecule has 1 heterocycles. The Bertz CT molecular complexity index is 55.1. The average molecular weight is 101 g/mol. The van der Waals surface area contributed by atoms with Gasteiger partial charge in [-0.15, -0.1) is 0 Å². The summed E-state index contributed by atoms with van der Waals surface area (Å²) in [6.07, 6.45) is 0.203. The van der Waals surface area contributed by atoms with Crippen molar-refractivity contribution in [3.63, 3.8) is 0 Å². The fourth-order valence-corrected chi connectivity index (χ4v) is 0.670. The highest BCUT2D eigenvalue weighted by atomic mass is 16.6. The second-order valence-electron chi connectivity index (χ2n) is 2.01. The molecule has 2 nitrogen and oxygen atoms in total. The van der Waals surface area contributed by atoms with Gasteiger partial charge in [0.15, 0.2) is 0 Å². The van der Waals surface area contributed by atoms with Gasteiger partial charge in [-0.2, -0.15) is 0 Å². The van der Waals surface area contributed by atoms with Crippen molar-refractivity contribution >= 4 is 0 Å². The Hall–Kier alpha value is -0.0800. The molecule has 0 radical (unpaired) electrons. The molecule has 0 saturated carbocycles. The van der Waals surface area contributed by atoms with E-state index in [2.05, 4.69) is 0 Å². The van der Waals surface area contributed by atoms with Crippen molar-refractivity contribution in [2.75, 3.05) is 6.61 Å². The fourth-order valence-electron chi connectivity index (χ4n) is 0.670. The topological polar surface area (TPSA) is 32.3 Å². The van der Waals surface area contributed by atoms with Gasteiger partial charge in [0.1, 0.15) is 0 Å². The molecule has 42 valence electrons. The number of ether oxygens (including phenoxy) is 1. The molecule has 0 aliphatic carbocycles. The predicted molar refractivity (Wildman–Crippen MR) is 23.5 cm³/mol. The molecule has 1 aliphatic heterocycles. The van der Waals surface area contributed by atoms with Gasteiger partial charge >= 0.3 is 0 Å². The van der Waals surface area contributed by atoms with Crippen LogP contribution >= 0.6 is 0 Å². The average Bonchev–Trinajstić information content (AvgIpc) is 1.91. The lowest BCUT2D eigenvalue weighted by atomic mass is 10.1. The summed E-state index contributed by atoms with van der Waals surface area (Å²) in [4.78, 5) is 0. The van der Waals surface area contributed by atoms with E-state index in [9.17, 15) is 5.11 Å². The Labute approximate surface area is 43.1 Å². The molecule has 2 unspecified atom stereocenters. The van der Waals surface area contributed by atoms with Crippen molar-refractivity contribution < 1.29 is 9.84 Å². The summed E-state index contributed by atoms with van der Waals surface area (Å²) in [5.41, 5.74) is 0. The molecule has 2 atom stereocenters. The minimum Gasteiger partial charge on any atom is -0.831 e. The largest absolute Gasteiger partial charge is 0.831 e. The number of rotatable bonds is 0. The molecule has 0 spiro atoms. The third-order valence-electron chi connectivity index (χ3n) is 1.32. The van der Waals surface area contributed by atoms with E-state index in [1.807, 2.05) is 6.92 Å². The highest BCUT2D eigenvalue weighted by Crippen LogP contribution is 2.14. The van der Waals surface area contributed by atoms with Crippen LogP contribution in [0.3, 0.4) is 0 Å². The molecule has 1 aliphatic rings. The second-order valence-corrected chi connectivity index (χ2v) is 2.01. The molecule has 1 rings (SSSR count). The molecule has 0 amide bonds. The highest BCUT2D eigenvalue weighted by Gasteiger charge is 2.12. The summed E-state index contributed by atoms with van der Waals surface area (Å²) in [6.45, 7) is 2.58. The maximum Gasteiger partial charge on any atom is 0.0454 e. The first-order valence-electron chi connectivity index (χ1n) is 2.58. The zero-order valence-electron chi connectivity index (χ0n) is 4.39. The van der Waals surface area contributed by atoms with Gasteiger partial charge in [-0.05, 0) is 18.6 Å². The summed E-state index contributed by atoms with van der Waals surface area (Å²) in [5, 5.41) is 10.4. The Balaban J connectivity index is 2.33.